The second-order valence-corrected chi connectivity index (χ2v) is 9.77. The number of nitrogens with zero attached hydrogens (tertiary/aromatic N) is 4. The molecule has 0 amide bonds. The highest BCUT2D eigenvalue weighted by Gasteiger charge is 2.36. The van der Waals surface area contributed by atoms with Gasteiger partial charge in [0.15, 0.2) is 11.4 Å². The Kier molecular flexibility index (Phi) is 6.68. The summed E-state index contributed by atoms with van der Waals surface area (Å²) >= 11 is 0. The molecule has 4 N–H and O–H groups in total. The van der Waals surface area contributed by atoms with Crippen LogP contribution >= 0.6 is 0 Å². The van der Waals surface area contributed by atoms with Crippen LogP contribution in [0.2, 0.25) is 0 Å². The van der Waals surface area contributed by atoms with E-state index in [0.29, 0.717) is 59.4 Å². The van der Waals surface area contributed by atoms with Gasteiger partial charge in [0.05, 0.1) is 48.0 Å². The minimum Gasteiger partial charge on any atom is -0.465 e. The Hall–Kier alpha value is -4.15. The number of pyridine rings is 1. The summed E-state index contributed by atoms with van der Waals surface area (Å²) < 4.78 is 6.28. The van der Waals surface area contributed by atoms with Gasteiger partial charge in [0.1, 0.15) is 5.82 Å². The number of ketones is 1. The monoisotopic (exact) mass is 515 g/mol. The van der Waals surface area contributed by atoms with Crippen LogP contribution in [-0.4, -0.2) is 60.9 Å². The lowest BCUT2D eigenvalue weighted by Gasteiger charge is -2.34. The van der Waals surface area contributed by atoms with E-state index in [-0.39, 0.29) is 24.1 Å². The molecular formula is C28H29N5O5. The number of Topliss-reactive ketones (excluding diaryl/α,β-unsaturated/α-hetero) is 1. The highest BCUT2D eigenvalue weighted by molar-refractivity contribution is 6.00. The maximum Gasteiger partial charge on any atom is 0.337 e. The van der Waals surface area contributed by atoms with Crippen LogP contribution in [0.3, 0.4) is 0 Å². The molecule has 0 saturated heterocycles. The van der Waals surface area contributed by atoms with Gasteiger partial charge in [-0.15, -0.1) is 0 Å². The van der Waals surface area contributed by atoms with E-state index in [1.807, 2.05) is 18.2 Å². The number of aliphatic hydroxyl groups is 2. The van der Waals surface area contributed by atoms with Gasteiger partial charge in [0, 0.05) is 28.8 Å². The molecule has 0 spiro atoms. The van der Waals surface area contributed by atoms with Gasteiger partial charge in [-0.25, -0.2) is 9.78 Å². The molecule has 38 heavy (non-hydrogen) atoms. The third kappa shape index (κ3) is 4.52. The summed E-state index contributed by atoms with van der Waals surface area (Å²) in [6.07, 6.45) is 5.32. The fourth-order valence-corrected chi connectivity index (χ4v) is 5.13. The van der Waals surface area contributed by atoms with Crippen molar-refractivity contribution >= 4 is 23.2 Å². The normalized spacial score (nSPS) is 19.4. The van der Waals surface area contributed by atoms with Crippen LogP contribution in [-0.2, 0) is 4.74 Å². The Bertz CT molecular complexity index is 1520. The van der Waals surface area contributed by atoms with Crippen molar-refractivity contribution in [1.82, 2.24) is 19.6 Å². The van der Waals surface area contributed by atoms with Crippen LogP contribution in [0.1, 0.15) is 64.9 Å². The number of hydrogen-bond acceptors (Lipinski definition) is 9. The van der Waals surface area contributed by atoms with Gasteiger partial charge < -0.3 is 20.7 Å². The van der Waals surface area contributed by atoms with E-state index in [0.717, 1.165) is 11.1 Å². The summed E-state index contributed by atoms with van der Waals surface area (Å²) in [5.74, 6) is -0.486. The van der Waals surface area contributed by atoms with Crippen molar-refractivity contribution in [2.75, 3.05) is 19.5 Å². The van der Waals surface area contributed by atoms with Crippen LogP contribution < -0.4 is 5.73 Å². The molecule has 10 nitrogen and oxygen atoms in total. The van der Waals surface area contributed by atoms with E-state index in [1.165, 1.54) is 18.5 Å². The number of anilines is 1. The number of methoxy groups -OCH3 is 1. The number of nitrogens with two attached hydrogens (primary N) is 1. The number of aliphatic hydroxyl groups excluding tert-OH is 1. The van der Waals surface area contributed by atoms with E-state index < -0.39 is 11.6 Å². The van der Waals surface area contributed by atoms with Crippen molar-refractivity contribution in [3.63, 3.8) is 0 Å². The molecular weight excluding hydrogens is 486 g/mol. The first-order valence-corrected chi connectivity index (χ1v) is 12.4. The third-order valence-corrected chi connectivity index (χ3v) is 7.31. The molecule has 3 heterocycles. The summed E-state index contributed by atoms with van der Waals surface area (Å²) in [5.41, 5.74) is 10.1. The topological polar surface area (TPSA) is 153 Å². The molecule has 1 saturated carbocycles. The Labute approximate surface area is 219 Å². The van der Waals surface area contributed by atoms with Gasteiger partial charge >= 0.3 is 5.97 Å². The van der Waals surface area contributed by atoms with Gasteiger partial charge in [-0.2, -0.15) is 9.61 Å². The predicted octanol–water partition coefficient (Wildman–Crippen LogP) is 3.41. The molecule has 0 radical (unpaired) electrons. The molecule has 3 aromatic heterocycles. The zero-order chi connectivity index (χ0) is 27.0. The standard InChI is InChI=1S/C28H29N5O5/c1-16(35)23-24(17-8-10-28(37,15-34)11-9-17)32-26-21(14-31-33(26)25(23)29)20-6-7-22(30-13-20)18-4-3-5-19(12-18)27(36)38-2/h3-7,12-14,17,34,37H,8-11,15,29H2,1-2H3. The van der Waals surface area contributed by atoms with Gasteiger partial charge in [0.25, 0.3) is 0 Å². The SMILES string of the molecule is COC(=O)c1cccc(-c2ccc(-c3cnn4c(N)c(C(C)=O)c(C5CCC(O)(CO)CC5)nc34)cn2)c1. The molecule has 4 aromatic rings. The molecule has 0 atom stereocenters. The average Bonchev–Trinajstić information content (AvgIpc) is 3.37. The van der Waals surface area contributed by atoms with Gasteiger partial charge in [-0.05, 0) is 50.8 Å². The number of nitrogen functional groups attached to an aromatic ring is 1. The lowest BCUT2D eigenvalue weighted by Crippen LogP contribution is -2.37. The van der Waals surface area contributed by atoms with Crippen molar-refractivity contribution in [2.45, 2.75) is 44.1 Å². The van der Waals surface area contributed by atoms with Crippen molar-refractivity contribution in [1.29, 1.82) is 0 Å². The van der Waals surface area contributed by atoms with Crippen molar-refractivity contribution in [3.05, 3.63) is 65.6 Å². The number of aromatic nitrogens is 4. The first-order valence-electron chi connectivity index (χ1n) is 12.4. The first kappa shape index (κ1) is 25.5. The van der Waals surface area contributed by atoms with E-state index >= 15 is 0 Å². The van der Waals surface area contributed by atoms with E-state index in [4.69, 9.17) is 15.5 Å². The lowest BCUT2D eigenvalue weighted by atomic mass is 9.77. The Morgan fingerprint density at radius 2 is 1.92 bits per heavy atom. The van der Waals surface area contributed by atoms with Gasteiger partial charge in [0.2, 0.25) is 0 Å². The second-order valence-electron chi connectivity index (χ2n) is 9.77. The zero-order valence-electron chi connectivity index (χ0n) is 21.2. The Morgan fingerprint density at radius 3 is 2.55 bits per heavy atom. The van der Waals surface area contributed by atoms with E-state index in [1.54, 1.807) is 30.6 Å². The summed E-state index contributed by atoms with van der Waals surface area (Å²) in [4.78, 5) is 34.0. The number of esters is 1. The molecule has 0 unspecified atom stereocenters. The molecule has 1 aliphatic carbocycles. The number of carbonyl (C=O) groups excluding carboxylic acids is 2. The van der Waals surface area contributed by atoms with Crippen molar-refractivity contribution < 1.29 is 24.5 Å². The highest BCUT2D eigenvalue weighted by atomic mass is 16.5. The van der Waals surface area contributed by atoms with Gasteiger partial charge in [-0.3, -0.25) is 9.78 Å². The first-order chi connectivity index (χ1) is 18.2. The Morgan fingerprint density at radius 1 is 1.16 bits per heavy atom. The van der Waals surface area contributed by atoms with Crippen LogP contribution in [0.5, 0.6) is 0 Å². The fraction of sp³-hybridized carbons (Fsp3) is 0.321. The Balaban J connectivity index is 1.53. The number of hydrogen-bond donors (Lipinski definition) is 3. The summed E-state index contributed by atoms with van der Waals surface area (Å²) in [7, 11) is 1.34. The molecule has 1 aromatic carbocycles. The van der Waals surface area contributed by atoms with Crippen LogP contribution in [0.4, 0.5) is 5.82 Å². The molecule has 1 aliphatic rings. The van der Waals surface area contributed by atoms with Gasteiger partial charge in [-0.1, -0.05) is 18.2 Å². The predicted molar refractivity (Wildman–Crippen MR) is 141 cm³/mol. The molecule has 10 heteroatoms. The molecule has 5 rings (SSSR count). The molecule has 1 fully saturated rings. The summed E-state index contributed by atoms with van der Waals surface area (Å²) in [6.45, 7) is 1.16. The van der Waals surface area contributed by atoms with Crippen LogP contribution in [0.25, 0.3) is 28.0 Å². The van der Waals surface area contributed by atoms with E-state index in [2.05, 4.69) is 10.1 Å². The van der Waals surface area contributed by atoms with Crippen LogP contribution in [0, 0.1) is 0 Å². The quantitative estimate of drug-likeness (QED) is 0.259. The maximum atomic E-state index is 12.6. The minimum absolute atomic E-state index is 0.0848. The smallest absolute Gasteiger partial charge is 0.337 e. The summed E-state index contributed by atoms with van der Waals surface area (Å²) in [5, 5.41) is 24.4. The second kappa shape index (κ2) is 9.96. The molecule has 196 valence electrons. The minimum atomic E-state index is -1.10. The van der Waals surface area contributed by atoms with Crippen molar-refractivity contribution in [2.24, 2.45) is 0 Å². The molecule has 0 bridgehead atoms. The number of benzene rings is 1. The van der Waals surface area contributed by atoms with Crippen molar-refractivity contribution in [3.8, 4) is 22.4 Å². The zero-order valence-corrected chi connectivity index (χ0v) is 21.2. The van der Waals surface area contributed by atoms with Crippen LogP contribution in [0.15, 0.2) is 48.8 Å². The number of carbonyl (C=O) groups is 2. The third-order valence-electron chi connectivity index (χ3n) is 7.31. The largest absolute Gasteiger partial charge is 0.465 e. The van der Waals surface area contributed by atoms with E-state index in [9.17, 15) is 19.8 Å². The average molecular weight is 516 g/mol. The number of fused-ring (bicyclic) bond motifs is 1. The highest BCUT2D eigenvalue weighted by Crippen LogP contribution is 2.40. The summed E-state index contributed by atoms with van der Waals surface area (Å²) in [6, 6.07) is 10.8. The maximum absolute atomic E-state index is 12.6. The number of ether oxygens (including phenoxy) is 1. The fourth-order valence-electron chi connectivity index (χ4n) is 5.13. The lowest BCUT2D eigenvalue weighted by molar-refractivity contribution is -0.0458. The number of rotatable bonds is 6. The molecule has 0 aliphatic heterocycles.